The summed E-state index contributed by atoms with van der Waals surface area (Å²) < 4.78 is 21.0. The van der Waals surface area contributed by atoms with Crippen LogP contribution in [-0.4, -0.2) is 37.0 Å². The molecule has 120 valence electrons. The average Bonchev–Trinajstić information content (AvgIpc) is 2.62. The van der Waals surface area contributed by atoms with E-state index >= 15 is 0 Å². The molecule has 6 nitrogen and oxygen atoms in total. The van der Waals surface area contributed by atoms with Crippen molar-refractivity contribution in [3.8, 4) is 23.0 Å². The van der Waals surface area contributed by atoms with Gasteiger partial charge in [0.1, 0.15) is 19.8 Å². The molecule has 1 atom stereocenters. The maximum atomic E-state index is 10.6. The van der Waals surface area contributed by atoms with Gasteiger partial charge in [0.2, 0.25) is 6.10 Å². The predicted octanol–water partition coefficient (Wildman–Crippen LogP) is 2.37. The molecule has 0 aromatic heterocycles. The summed E-state index contributed by atoms with van der Waals surface area (Å²) in [5, 5.41) is 8.66. The minimum absolute atomic E-state index is 0.0619. The average molecular weight is 316 g/mol. The second-order valence-corrected chi connectivity index (χ2v) is 4.85. The second-order valence-electron chi connectivity index (χ2n) is 4.85. The molecule has 6 heteroatoms. The number of carboxylic acids is 1. The lowest BCUT2D eigenvalue weighted by Gasteiger charge is -2.23. The number of para-hydroxylation sites is 4. The number of carbonyl (C=O) groups is 1. The Balaban J connectivity index is 0.000000140. The van der Waals surface area contributed by atoms with Crippen molar-refractivity contribution in [2.75, 3.05) is 19.8 Å². The molecule has 2 aliphatic heterocycles. The van der Waals surface area contributed by atoms with E-state index in [0.717, 1.165) is 11.5 Å². The number of fused-ring (bicyclic) bond motifs is 2. The third kappa shape index (κ3) is 3.66. The minimum Gasteiger partial charge on any atom is -0.486 e. The molecule has 1 N–H and O–H groups in total. The van der Waals surface area contributed by atoms with E-state index < -0.39 is 12.1 Å². The van der Waals surface area contributed by atoms with E-state index in [0.29, 0.717) is 24.7 Å². The molecule has 0 fully saturated rings. The van der Waals surface area contributed by atoms with Gasteiger partial charge in [-0.15, -0.1) is 0 Å². The lowest BCUT2D eigenvalue weighted by molar-refractivity contribution is -0.147. The number of carboxylic acid groups (broad SMARTS) is 1. The molecule has 2 aliphatic rings. The van der Waals surface area contributed by atoms with Gasteiger partial charge in [-0.05, 0) is 24.3 Å². The third-order valence-electron chi connectivity index (χ3n) is 3.23. The molecule has 0 bridgehead atoms. The van der Waals surface area contributed by atoms with Gasteiger partial charge in [-0.2, -0.15) is 0 Å². The fraction of sp³-hybridized carbons (Fsp3) is 0.235. The standard InChI is InChI=1S/C9H8O4.C8H8O2/c10-9(11)8-5-12-6-3-1-2-4-7(6)13-8;1-2-4-8-7(3-1)9-5-6-10-8/h1-4,8H,5H2,(H,10,11);1-4H,5-6H2. The molecule has 0 spiro atoms. The monoisotopic (exact) mass is 316 g/mol. The van der Waals surface area contributed by atoms with Gasteiger partial charge in [-0.25, -0.2) is 4.79 Å². The van der Waals surface area contributed by atoms with Crippen LogP contribution in [0.5, 0.6) is 23.0 Å². The Morgan fingerprint density at radius 1 is 0.826 bits per heavy atom. The van der Waals surface area contributed by atoms with Gasteiger partial charge in [0.15, 0.2) is 23.0 Å². The first-order valence-corrected chi connectivity index (χ1v) is 7.20. The normalized spacial score (nSPS) is 17.5. The highest BCUT2D eigenvalue weighted by atomic mass is 16.6. The van der Waals surface area contributed by atoms with Crippen molar-refractivity contribution < 1.29 is 28.8 Å². The minimum atomic E-state index is -1.01. The van der Waals surface area contributed by atoms with Crippen molar-refractivity contribution in [3.63, 3.8) is 0 Å². The Labute approximate surface area is 133 Å². The molecule has 0 radical (unpaired) electrons. The number of benzene rings is 2. The van der Waals surface area contributed by atoms with E-state index in [1.165, 1.54) is 0 Å². The van der Waals surface area contributed by atoms with Gasteiger partial charge in [-0.3, -0.25) is 0 Å². The van der Waals surface area contributed by atoms with Crippen molar-refractivity contribution in [2.24, 2.45) is 0 Å². The van der Waals surface area contributed by atoms with Crippen molar-refractivity contribution in [1.29, 1.82) is 0 Å². The van der Waals surface area contributed by atoms with Crippen molar-refractivity contribution in [1.82, 2.24) is 0 Å². The van der Waals surface area contributed by atoms with Gasteiger partial charge in [0, 0.05) is 0 Å². The first kappa shape index (κ1) is 15.0. The molecule has 0 amide bonds. The summed E-state index contributed by atoms with van der Waals surface area (Å²) in [4.78, 5) is 10.6. The van der Waals surface area contributed by atoms with E-state index in [1.54, 1.807) is 18.2 Å². The Kier molecular flexibility index (Phi) is 4.52. The van der Waals surface area contributed by atoms with Crippen LogP contribution in [0.1, 0.15) is 0 Å². The van der Waals surface area contributed by atoms with Crippen LogP contribution in [0, 0.1) is 0 Å². The summed E-state index contributed by atoms with van der Waals surface area (Å²) in [6.07, 6.45) is -0.894. The first-order chi connectivity index (χ1) is 11.2. The van der Waals surface area contributed by atoms with Crippen molar-refractivity contribution >= 4 is 5.97 Å². The Morgan fingerprint density at radius 2 is 1.30 bits per heavy atom. The summed E-state index contributed by atoms with van der Waals surface area (Å²) in [6.45, 7) is 1.39. The molecule has 0 aliphatic carbocycles. The van der Waals surface area contributed by atoms with E-state index in [-0.39, 0.29) is 6.61 Å². The third-order valence-corrected chi connectivity index (χ3v) is 3.23. The Morgan fingerprint density at radius 3 is 1.83 bits per heavy atom. The van der Waals surface area contributed by atoms with Crippen LogP contribution in [0.4, 0.5) is 0 Å². The van der Waals surface area contributed by atoms with E-state index in [1.807, 2.05) is 30.3 Å². The number of hydrogen-bond acceptors (Lipinski definition) is 5. The highest BCUT2D eigenvalue weighted by molar-refractivity contribution is 5.73. The number of aliphatic carboxylic acids is 1. The number of hydrogen-bond donors (Lipinski definition) is 1. The van der Waals surface area contributed by atoms with Crippen LogP contribution < -0.4 is 18.9 Å². The summed E-state index contributed by atoms with van der Waals surface area (Å²) in [5.41, 5.74) is 0. The molecule has 2 aromatic rings. The fourth-order valence-corrected chi connectivity index (χ4v) is 2.13. The van der Waals surface area contributed by atoms with Crippen LogP contribution in [-0.2, 0) is 4.79 Å². The van der Waals surface area contributed by atoms with Crippen LogP contribution in [0.3, 0.4) is 0 Å². The van der Waals surface area contributed by atoms with Crippen molar-refractivity contribution in [3.05, 3.63) is 48.5 Å². The van der Waals surface area contributed by atoms with Gasteiger partial charge in [-0.1, -0.05) is 24.3 Å². The summed E-state index contributed by atoms with van der Waals surface area (Å²) in [5.74, 6) is 1.79. The molecule has 0 saturated carbocycles. The van der Waals surface area contributed by atoms with Crippen LogP contribution >= 0.6 is 0 Å². The highest BCUT2D eigenvalue weighted by Gasteiger charge is 2.26. The van der Waals surface area contributed by atoms with Gasteiger partial charge >= 0.3 is 5.97 Å². The maximum absolute atomic E-state index is 10.6. The molecule has 4 rings (SSSR count). The fourth-order valence-electron chi connectivity index (χ4n) is 2.13. The predicted molar refractivity (Wildman–Crippen MR) is 81.4 cm³/mol. The molecule has 23 heavy (non-hydrogen) atoms. The summed E-state index contributed by atoms with van der Waals surface area (Å²) in [6, 6.07) is 14.7. The number of rotatable bonds is 1. The molecule has 2 heterocycles. The quantitative estimate of drug-likeness (QED) is 0.870. The zero-order valence-corrected chi connectivity index (χ0v) is 12.3. The van der Waals surface area contributed by atoms with Crippen molar-refractivity contribution in [2.45, 2.75) is 6.10 Å². The van der Waals surface area contributed by atoms with E-state index in [9.17, 15) is 4.79 Å². The van der Waals surface area contributed by atoms with Crippen LogP contribution in [0.25, 0.3) is 0 Å². The zero-order valence-electron chi connectivity index (χ0n) is 12.3. The molecule has 2 aromatic carbocycles. The topological polar surface area (TPSA) is 74.2 Å². The first-order valence-electron chi connectivity index (χ1n) is 7.20. The summed E-state index contributed by atoms with van der Waals surface area (Å²) in [7, 11) is 0. The maximum Gasteiger partial charge on any atom is 0.348 e. The number of ether oxygens (including phenoxy) is 4. The lowest BCUT2D eigenvalue weighted by Crippen LogP contribution is -2.36. The largest absolute Gasteiger partial charge is 0.486 e. The van der Waals surface area contributed by atoms with Gasteiger partial charge < -0.3 is 24.1 Å². The molecular formula is C17H16O6. The van der Waals surface area contributed by atoms with Crippen LogP contribution in [0.15, 0.2) is 48.5 Å². The lowest BCUT2D eigenvalue weighted by atomic mass is 10.2. The Bertz CT molecular complexity index is 659. The Hall–Kier alpha value is -2.89. The second kappa shape index (κ2) is 6.91. The SMILES string of the molecule is O=C(O)C1COc2ccccc2O1.c1ccc2c(c1)OCCO2. The summed E-state index contributed by atoms with van der Waals surface area (Å²) >= 11 is 0. The smallest absolute Gasteiger partial charge is 0.348 e. The van der Waals surface area contributed by atoms with E-state index in [2.05, 4.69) is 0 Å². The van der Waals surface area contributed by atoms with Gasteiger partial charge in [0.25, 0.3) is 0 Å². The molecular weight excluding hydrogens is 300 g/mol. The highest BCUT2D eigenvalue weighted by Crippen LogP contribution is 2.30. The van der Waals surface area contributed by atoms with Gasteiger partial charge in [0.05, 0.1) is 0 Å². The zero-order chi connectivity index (χ0) is 16.1. The van der Waals surface area contributed by atoms with E-state index in [4.69, 9.17) is 24.1 Å². The molecule has 0 saturated heterocycles. The molecule has 1 unspecified atom stereocenters. The van der Waals surface area contributed by atoms with Crippen LogP contribution in [0.2, 0.25) is 0 Å².